The molecule has 0 spiro atoms. The summed E-state index contributed by atoms with van der Waals surface area (Å²) in [7, 11) is 1.29. The van der Waals surface area contributed by atoms with Crippen LogP contribution < -0.4 is 4.74 Å². The zero-order chi connectivity index (χ0) is 15.6. The number of fused-ring (bicyclic) bond motifs is 1. The van der Waals surface area contributed by atoms with Crippen LogP contribution in [0.25, 0.3) is 10.8 Å². The van der Waals surface area contributed by atoms with E-state index in [1.807, 2.05) is 0 Å². The molecule has 21 heavy (non-hydrogen) atoms. The first kappa shape index (κ1) is 14.8. The molecule has 0 radical (unpaired) electrons. The van der Waals surface area contributed by atoms with E-state index in [2.05, 4.69) is 0 Å². The molecule has 0 aliphatic carbocycles. The van der Waals surface area contributed by atoms with Gasteiger partial charge in [-0.15, -0.1) is 0 Å². The summed E-state index contributed by atoms with van der Waals surface area (Å²) < 4.78 is 10.2. The Bertz CT molecular complexity index is 709. The zero-order valence-corrected chi connectivity index (χ0v) is 12.0. The first-order valence-electron chi connectivity index (χ1n) is 6.40. The topological polar surface area (TPSA) is 78.7 Å². The lowest BCUT2D eigenvalue weighted by Gasteiger charge is -2.13. The second-order valence-electron chi connectivity index (χ2n) is 4.74. The summed E-state index contributed by atoms with van der Waals surface area (Å²) in [6.07, 6.45) is -0.326. The van der Waals surface area contributed by atoms with Crippen molar-refractivity contribution in [2.75, 3.05) is 7.11 Å². The number of nitro groups is 1. The fourth-order valence-electron chi connectivity index (χ4n) is 2.13. The number of carbonyl (C=O) groups is 1. The highest BCUT2D eigenvalue weighted by molar-refractivity contribution is 6.04. The summed E-state index contributed by atoms with van der Waals surface area (Å²) in [5.41, 5.74) is -0.178. The van der Waals surface area contributed by atoms with Gasteiger partial charge in [-0.25, -0.2) is 4.79 Å². The molecule has 0 saturated carbocycles. The Labute approximate surface area is 121 Å². The maximum absolute atomic E-state index is 12.1. The third kappa shape index (κ3) is 2.79. The van der Waals surface area contributed by atoms with Crippen molar-refractivity contribution < 1.29 is 19.2 Å². The third-order valence-corrected chi connectivity index (χ3v) is 2.92. The van der Waals surface area contributed by atoms with Crippen molar-refractivity contribution in [1.29, 1.82) is 0 Å². The van der Waals surface area contributed by atoms with Crippen molar-refractivity contribution in [3.05, 3.63) is 46.0 Å². The first-order chi connectivity index (χ1) is 9.95. The number of esters is 1. The molecule has 0 amide bonds. The van der Waals surface area contributed by atoms with E-state index < -0.39 is 10.9 Å². The molecule has 0 aliphatic heterocycles. The summed E-state index contributed by atoms with van der Waals surface area (Å²) >= 11 is 0. The molecule has 0 N–H and O–H groups in total. The minimum atomic E-state index is -0.643. The number of carbonyl (C=O) groups excluding carboxylic acids is 1. The van der Waals surface area contributed by atoms with Crippen LogP contribution in [0.5, 0.6) is 5.75 Å². The molecule has 0 bridgehead atoms. The maximum Gasteiger partial charge on any atom is 0.342 e. The molecule has 6 nitrogen and oxygen atoms in total. The van der Waals surface area contributed by atoms with Gasteiger partial charge in [-0.05, 0) is 31.4 Å². The predicted octanol–water partition coefficient (Wildman–Crippen LogP) is 3.32. The van der Waals surface area contributed by atoms with E-state index >= 15 is 0 Å². The number of benzene rings is 2. The summed E-state index contributed by atoms with van der Waals surface area (Å²) in [4.78, 5) is 22.9. The minimum Gasteiger partial charge on any atom is -0.490 e. The first-order valence-corrected chi connectivity index (χ1v) is 6.40. The molecule has 0 aromatic heterocycles. The Morgan fingerprint density at radius 2 is 1.95 bits per heavy atom. The highest BCUT2D eigenvalue weighted by atomic mass is 16.6. The number of hydrogen-bond acceptors (Lipinski definition) is 5. The molecule has 0 saturated heterocycles. The smallest absolute Gasteiger partial charge is 0.342 e. The minimum absolute atomic E-state index is 0.0524. The van der Waals surface area contributed by atoms with Gasteiger partial charge in [-0.2, -0.15) is 0 Å². The van der Waals surface area contributed by atoms with E-state index in [0.717, 1.165) is 0 Å². The summed E-state index contributed by atoms with van der Waals surface area (Å²) in [5, 5.41) is 12.4. The third-order valence-electron chi connectivity index (χ3n) is 2.92. The molecule has 110 valence electrons. The van der Waals surface area contributed by atoms with Crippen LogP contribution in [-0.4, -0.2) is 24.1 Å². The summed E-state index contributed by atoms with van der Waals surface area (Å²) in [6.45, 7) is 3.42. The van der Waals surface area contributed by atoms with E-state index in [4.69, 9.17) is 9.47 Å². The number of nitrogens with zero attached hydrogens (tertiary/aromatic N) is 1. The van der Waals surface area contributed by atoms with Gasteiger partial charge < -0.3 is 9.47 Å². The quantitative estimate of drug-likeness (QED) is 0.490. The van der Waals surface area contributed by atoms with Crippen LogP contribution in [0.1, 0.15) is 24.2 Å². The van der Waals surface area contributed by atoms with Gasteiger partial charge in [0.2, 0.25) is 5.75 Å². The second kappa shape index (κ2) is 5.78. The average molecular weight is 289 g/mol. The van der Waals surface area contributed by atoms with Crippen molar-refractivity contribution in [1.82, 2.24) is 0 Å². The molecule has 0 unspecified atom stereocenters. The van der Waals surface area contributed by atoms with Crippen molar-refractivity contribution in [2.24, 2.45) is 0 Å². The van der Waals surface area contributed by atoms with Gasteiger partial charge >= 0.3 is 11.7 Å². The fourth-order valence-corrected chi connectivity index (χ4v) is 2.13. The van der Waals surface area contributed by atoms with Gasteiger partial charge in [0.15, 0.2) is 0 Å². The highest BCUT2D eigenvalue weighted by Gasteiger charge is 2.27. The number of hydrogen-bond donors (Lipinski definition) is 0. The van der Waals surface area contributed by atoms with Crippen LogP contribution in [0.3, 0.4) is 0 Å². The zero-order valence-electron chi connectivity index (χ0n) is 12.0. The van der Waals surface area contributed by atoms with Crippen molar-refractivity contribution in [3.63, 3.8) is 0 Å². The van der Waals surface area contributed by atoms with Crippen LogP contribution in [0, 0.1) is 10.1 Å². The lowest BCUT2D eigenvalue weighted by atomic mass is 10.0. The van der Waals surface area contributed by atoms with E-state index in [9.17, 15) is 14.9 Å². The molecule has 0 atom stereocenters. The Balaban J connectivity index is 2.76. The van der Waals surface area contributed by atoms with Crippen LogP contribution >= 0.6 is 0 Å². The predicted molar refractivity (Wildman–Crippen MR) is 77.7 cm³/mol. The molecule has 0 fully saturated rings. The summed E-state index contributed by atoms with van der Waals surface area (Å²) in [6, 6.07) is 8.31. The van der Waals surface area contributed by atoms with Gasteiger partial charge in [-0.3, -0.25) is 10.1 Å². The standard InChI is InChI=1S/C15H15NO5/c1-9(2)21-15(17)12-8-10-6-4-5-7-11(10)13(16(18)19)14(12)20-3/h4-9H,1-3H3. The fraction of sp³-hybridized carbons (Fsp3) is 0.267. The Kier molecular flexibility index (Phi) is 4.07. The average Bonchev–Trinajstić information content (AvgIpc) is 2.43. The summed E-state index contributed by atoms with van der Waals surface area (Å²) in [5.74, 6) is -0.722. The molecular formula is C15H15NO5. The van der Waals surface area contributed by atoms with Crippen molar-refractivity contribution in [2.45, 2.75) is 20.0 Å². The van der Waals surface area contributed by atoms with E-state index in [1.54, 1.807) is 44.2 Å². The molecular weight excluding hydrogens is 274 g/mol. The van der Waals surface area contributed by atoms with Gasteiger partial charge in [0, 0.05) is 0 Å². The van der Waals surface area contributed by atoms with Gasteiger partial charge in [0.05, 0.1) is 23.5 Å². The molecule has 2 aromatic carbocycles. The van der Waals surface area contributed by atoms with Crippen molar-refractivity contribution in [3.8, 4) is 5.75 Å². The molecule has 2 rings (SSSR count). The van der Waals surface area contributed by atoms with E-state index in [0.29, 0.717) is 10.8 Å². The largest absolute Gasteiger partial charge is 0.490 e. The lowest BCUT2D eigenvalue weighted by molar-refractivity contribution is -0.384. The van der Waals surface area contributed by atoms with Crippen LogP contribution in [0.2, 0.25) is 0 Å². The second-order valence-corrected chi connectivity index (χ2v) is 4.74. The van der Waals surface area contributed by atoms with Crippen LogP contribution in [0.4, 0.5) is 5.69 Å². The van der Waals surface area contributed by atoms with Crippen molar-refractivity contribution >= 4 is 22.4 Å². The SMILES string of the molecule is COc1c(C(=O)OC(C)C)cc2ccccc2c1[N+](=O)[O-]. The van der Waals surface area contributed by atoms with Gasteiger partial charge in [-0.1, -0.05) is 18.2 Å². The Hall–Kier alpha value is -2.63. The van der Waals surface area contributed by atoms with E-state index in [1.165, 1.54) is 7.11 Å². The number of methoxy groups -OCH3 is 1. The molecule has 0 aliphatic rings. The molecule has 0 heterocycles. The monoisotopic (exact) mass is 289 g/mol. The van der Waals surface area contributed by atoms with E-state index in [-0.39, 0.29) is 23.1 Å². The Morgan fingerprint density at radius 3 is 2.52 bits per heavy atom. The maximum atomic E-state index is 12.1. The van der Waals surface area contributed by atoms with Gasteiger partial charge in [0.1, 0.15) is 5.56 Å². The number of nitro benzene ring substituents is 1. The van der Waals surface area contributed by atoms with Gasteiger partial charge in [0.25, 0.3) is 0 Å². The number of rotatable bonds is 4. The normalized spacial score (nSPS) is 10.7. The molecule has 6 heteroatoms. The molecule has 2 aromatic rings. The van der Waals surface area contributed by atoms with Crippen LogP contribution in [-0.2, 0) is 4.74 Å². The highest BCUT2D eigenvalue weighted by Crippen LogP contribution is 2.38. The van der Waals surface area contributed by atoms with Crippen LogP contribution in [0.15, 0.2) is 30.3 Å². The lowest BCUT2D eigenvalue weighted by Crippen LogP contribution is -2.13. The number of ether oxygens (including phenoxy) is 2. The Morgan fingerprint density at radius 1 is 1.29 bits per heavy atom.